The molecule has 0 aliphatic carbocycles. The van der Waals surface area contributed by atoms with Crippen LogP contribution in [0.2, 0.25) is 0 Å². The van der Waals surface area contributed by atoms with Gasteiger partial charge >= 0.3 is 0 Å². The maximum absolute atomic E-state index is 13.9. The molecule has 8 heteroatoms. The first-order valence-electron chi connectivity index (χ1n) is 9.58. The first-order chi connectivity index (χ1) is 14.3. The third kappa shape index (κ3) is 4.83. The van der Waals surface area contributed by atoms with Crippen LogP contribution in [0.15, 0.2) is 30.5 Å². The van der Waals surface area contributed by atoms with Crippen LogP contribution in [0.25, 0.3) is 5.65 Å². The zero-order valence-corrected chi connectivity index (χ0v) is 17.5. The number of aryl methyl sites for hydroxylation is 2. The van der Waals surface area contributed by atoms with Crippen molar-refractivity contribution in [2.24, 2.45) is 0 Å². The Morgan fingerprint density at radius 1 is 1.20 bits per heavy atom. The maximum Gasteiger partial charge on any atom is 0.207 e. The number of fused-ring (bicyclic) bond motifs is 1. The lowest BCUT2D eigenvalue weighted by Gasteiger charge is -2.11. The van der Waals surface area contributed by atoms with Gasteiger partial charge in [-0.15, -0.1) is 0 Å². The lowest BCUT2D eigenvalue weighted by atomic mass is 10.2. The van der Waals surface area contributed by atoms with E-state index in [1.165, 1.54) is 18.2 Å². The number of Topliss-reactive ketones (excluding diaryl/α,β-unsaturated/α-hetero) is 1. The van der Waals surface area contributed by atoms with Gasteiger partial charge in [-0.2, -0.15) is 0 Å². The number of carbonyl (C=O) groups is 1. The smallest absolute Gasteiger partial charge is 0.207 e. The van der Waals surface area contributed by atoms with Gasteiger partial charge < -0.3 is 14.4 Å². The minimum Gasteiger partial charge on any atom is -0.485 e. The maximum atomic E-state index is 13.9. The molecule has 0 unspecified atom stereocenters. The van der Waals surface area contributed by atoms with Crippen molar-refractivity contribution in [2.75, 3.05) is 33.9 Å². The Morgan fingerprint density at radius 2 is 1.90 bits per heavy atom. The van der Waals surface area contributed by atoms with Crippen LogP contribution in [0.5, 0.6) is 5.75 Å². The number of halogens is 2. The summed E-state index contributed by atoms with van der Waals surface area (Å²) in [4.78, 5) is 19.2. The zero-order chi connectivity index (χ0) is 21.8. The van der Waals surface area contributed by atoms with E-state index in [-0.39, 0.29) is 24.6 Å². The Hall–Kier alpha value is -2.84. The second-order valence-electron chi connectivity index (χ2n) is 7.39. The molecule has 2 heterocycles. The number of likely N-dealkylation sites (N-methyl/N-ethyl adjacent to an activating group) is 1. The van der Waals surface area contributed by atoms with Crippen LogP contribution in [-0.4, -0.2) is 53.9 Å². The fraction of sp³-hybridized carbons (Fsp3) is 0.364. The number of carbonyl (C=O) groups excluding carboxylic acids is 1. The summed E-state index contributed by atoms with van der Waals surface area (Å²) in [6.45, 7) is 4.37. The predicted molar refractivity (Wildman–Crippen MR) is 109 cm³/mol. The normalized spacial score (nSPS) is 11.4. The van der Waals surface area contributed by atoms with Crippen LogP contribution in [0.3, 0.4) is 0 Å². The van der Waals surface area contributed by atoms with Crippen molar-refractivity contribution in [2.45, 2.75) is 20.5 Å². The molecular weight excluding hydrogens is 392 g/mol. The number of nitrogens with zero attached hydrogens (tertiary/aromatic N) is 3. The minimum absolute atomic E-state index is 0.0625. The number of ketones is 1. The zero-order valence-electron chi connectivity index (χ0n) is 17.5. The van der Waals surface area contributed by atoms with Gasteiger partial charge in [-0.1, -0.05) is 6.07 Å². The third-order valence-electron chi connectivity index (χ3n) is 4.61. The van der Waals surface area contributed by atoms with Gasteiger partial charge in [0.1, 0.15) is 30.5 Å². The molecule has 6 nitrogen and oxygen atoms in total. The molecule has 1 aromatic carbocycles. The second-order valence-corrected chi connectivity index (χ2v) is 7.39. The first kappa shape index (κ1) is 21.9. The number of benzene rings is 1. The van der Waals surface area contributed by atoms with Gasteiger partial charge in [0.2, 0.25) is 5.78 Å². The highest BCUT2D eigenvalue weighted by molar-refractivity contribution is 5.97. The van der Waals surface area contributed by atoms with Crippen molar-refractivity contribution in [3.63, 3.8) is 0 Å². The lowest BCUT2D eigenvalue weighted by Crippen LogP contribution is -2.21. The first-order valence-corrected chi connectivity index (χ1v) is 9.58. The molecule has 3 rings (SSSR count). The van der Waals surface area contributed by atoms with Crippen LogP contribution >= 0.6 is 0 Å². The number of ether oxygens (including phenoxy) is 2. The van der Waals surface area contributed by atoms with E-state index in [0.717, 1.165) is 5.56 Å². The van der Waals surface area contributed by atoms with E-state index in [1.54, 1.807) is 23.6 Å². The van der Waals surface area contributed by atoms with Crippen LogP contribution in [0.4, 0.5) is 8.78 Å². The van der Waals surface area contributed by atoms with Gasteiger partial charge in [0.25, 0.3) is 0 Å². The Balaban J connectivity index is 1.85. The van der Waals surface area contributed by atoms with Crippen LogP contribution in [0, 0.1) is 25.5 Å². The van der Waals surface area contributed by atoms with Crippen molar-refractivity contribution in [3.05, 3.63) is 64.6 Å². The van der Waals surface area contributed by atoms with Crippen LogP contribution in [0.1, 0.15) is 27.3 Å². The Bertz CT molecular complexity index is 1040. The average Bonchev–Trinajstić information content (AvgIpc) is 3.00. The highest BCUT2D eigenvalue weighted by Gasteiger charge is 2.20. The lowest BCUT2D eigenvalue weighted by molar-refractivity contribution is 0.0724. The van der Waals surface area contributed by atoms with Crippen LogP contribution < -0.4 is 4.74 Å². The summed E-state index contributed by atoms with van der Waals surface area (Å²) in [6.07, 6.45) is 1.78. The molecule has 30 heavy (non-hydrogen) atoms. The fourth-order valence-electron chi connectivity index (χ4n) is 3.10. The highest BCUT2D eigenvalue weighted by Crippen LogP contribution is 2.26. The van der Waals surface area contributed by atoms with E-state index in [9.17, 15) is 13.6 Å². The average molecular weight is 417 g/mol. The molecule has 3 aromatic rings. The molecule has 0 spiro atoms. The van der Waals surface area contributed by atoms with Crippen molar-refractivity contribution in [1.82, 2.24) is 14.3 Å². The number of rotatable bonds is 9. The summed E-state index contributed by atoms with van der Waals surface area (Å²) >= 11 is 0. The molecule has 0 radical (unpaired) electrons. The standard InChI is InChI=1S/C22H25F2N3O3/c1-14-10-20(30-12-16-17(23)6-5-7-18(16)24)22-25-15(2)21(27(22)11-14)19(28)13-29-9-8-26(3)4/h5-7,10-11H,8-9,12-13H2,1-4H3. The molecule has 0 saturated carbocycles. The minimum atomic E-state index is -0.677. The molecule has 2 aromatic heterocycles. The van der Waals surface area contributed by atoms with Crippen LogP contribution in [-0.2, 0) is 11.3 Å². The summed E-state index contributed by atoms with van der Waals surface area (Å²) in [5.41, 5.74) is 1.99. The van der Waals surface area contributed by atoms with Gasteiger partial charge in [-0.05, 0) is 51.7 Å². The van der Waals surface area contributed by atoms with E-state index < -0.39 is 11.6 Å². The summed E-state index contributed by atoms with van der Waals surface area (Å²) in [6, 6.07) is 5.39. The number of hydrogen-bond donors (Lipinski definition) is 0. The van der Waals surface area contributed by atoms with Gasteiger partial charge in [-0.3, -0.25) is 9.20 Å². The second kappa shape index (κ2) is 9.32. The molecule has 0 N–H and O–H groups in total. The van der Waals surface area contributed by atoms with E-state index in [1.807, 2.05) is 25.9 Å². The van der Waals surface area contributed by atoms with E-state index in [4.69, 9.17) is 9.47 Å². The summed E-state index contributed by atoms with van der Waals surface area (Å²) in [7, 11) is 3.86. The van der Waals surface area contributed by atoms with E-state index >= 15 is 0 Å². The van der Waals surface area contributed by atoms with Crippen molar-refractivity contribution in [1.29, 1.82) is 0 Å². The van der Waals surface area contributed by atoms with Gasteiger partial charge in [0.15, 0.2) is 11.4 Å². The van der Waals surface area contributed by atoms with E-state index in [0.29, 0.717) is 35.9 Å². The molecule has 0 aliphatic rings. The molecule has 0 fully saturated rings. The fourth-order valence-corrected chi connectivity index (χ4v) is 3.10. The Labute approximate surface area is 174 Å². The molecule has 160 valence electrons. The summed E-state index contributed by atoms with van der Waals surface area (Å²) < 4.78 is 40.7. The monoisotopic (exact) mass is 417 g/mol. The third-order valence-corrected chi connectivity index (χ3v) is 4.61. The topological polar surface area (TPSA) is 56.1 Å². The summed E-state index contributed by atoms with van der Waals surface area (Å²) in [5, 5.41) is 0. The molecule has 0 bridgehead atoms. The number of imidazole rings is 1. The van der Waals surface area contributed by atoms with Crippen molar-refractivity contribution in [3.8, 4) is 5.75 Å². The van der Waals surface area contributed by atoms with Gasteiger partial charge in [0.05, 0.1) is 17.9 Å². The number of aromatic nitrogens is 2. The van der Waals surface area contributed by atoms with Gasteiger partial charge in [0, 0.05) is 12.7 Å². The predicted octanol–water partition coefficient (Wildman–Crippen LogP) is 3.57. The summed E-state index contributed by atoms with van der Waals surface area (Å²) in [5.74, 6) is -1.21. The molecular formula is C22H25F2N3O3. The van der Waals surface area contributed by atoms with Crippen molar-refractivity contribution >= 4 is 11.4 Å². The molecule has 0 saturated heterocycles. The Morgan fingerprint density at radius 3 is 2.57 bits per heavy atom. The van der Waals surface area contributed by atoms with Crippen molar-refractivity contribution < 1.29 is 23.0 Å². The quantitative estimate of drug-likeness (QED) is 0.394. The Kier molecular flexibility index (Phi) is 6.79. The van der Waals surface area contributed by atoms with E-state index in [2.05, 4.69) is 4.98 Å². The molecule has 0 atom stereocenters. The highest BCUT2D eigenvalue weighted by atomic mass is 19.1. The molecule has 0 aliphatic heterocycles. The SMILES string of the molecule is Cc1cc(OCc2c(F)cccc2F)c2nc(C)c(C(=O)COCCN(C)C)n2c1. The number of pyridine rings is 1. The molecule has 0 amide bonds. The van der Waals surface area contributed by atoms with Gasteiger partial charge in [-0.25, -0.2) is 13.8 Å². The number of hydrogen-bond acceptors (Lipinski definition) is 5. The largest absolute Gasteiger partial charge is 0.485 e.